The molecule has 0 fully saturated rings. The molecular formula is C50H46Br2Cl2F4N4O11. The van der Waals surface area contributed by atoms with Crippen LogP contribution in [0, 0.1) is 0 Å². The molecule has 6 aromatic rings. The van der Waals surface area contributed by atoms with Gasteiger partial charge < -0.3 is 33.5 Å². The van der Waals surface area contributed by atoms with Gasteiger partial charge in [-0.2, -0.15) is 10.2 Å². The lowest BCUT2D eigenvalue weighted by Crippen LogP contribution is -2.30. The van der Waals surface area contributed by atoms with E-state index >= 15 is 0 Å². The van der Waals surface area contributed by atoms with Crippen molar-refractivity contribution in [3.8, 4) is 45.5 Å². The van der Waals surface area contributed by atoms with Crippen molar-refractivity contribution in [3.63, 3.8) is 0 Å². The van der Waals surface area contributed by atoms with Crippen molar-refractivity contribution in [1.29, 1.82) is 0 Å². The highest BCUT2D eigenvalue weighted by molar-refractivity contribution is 9.10. The van der Waals surface area contributed by atoms with Gasteiger partial charge in [-0.15, -0.1) is 40.8 Å². The molecule has 0 saturated carbocycles. The molecule has 4 aromatic carbocycles. The molecule has 0 amide bonds. The molecule has 2 atom stereocenters. The number of aliphatic hydroxyl groups excluding tert-OH is 1. The average molecular weight is 1190 g/mol. The smallest absolute Gasteiger partial charge is 0.468 e. The molecule has 73 heavy (non-hydrogen) atoms. The quantitative estimate of drug-likeness (QED) is 0.0530. The van der Waals surface area contributed by atoms with Crippen LogP contribution in [-0.4, -0.2) is 80.3 Å². The Hall–Kier alpha value is -6.00. The number of hydrogen-bond donors (Lipinski definition) is 1. The number of benzene rings is 4. The zero-order valence-corrected chi connectivity index (χ0v) is 45.0. The first-order valence-electron chi connectivity index (χ1n) is 21.6. The number of rotatable bonds is 12. The number of hydrogen-bond acceptors (Lipinski definition) is 13. The van der Waals surface area contributed by atoms with Crippen molar-refractivity contribution in [2.75, 3.05) is 19.6 Å². The molecule has 2 unspecified atom stereocenters. The molecule has 1 N–H and O–H groups in total. The third kappa shape index (κ3) is 12.0. The first kappa shape index (κ1) is 56.3. The summed E-state index contributed by atoms with van der Waals surface area (Å²) in [6.07, 6.45) is -9.23. The maximum atomic E-state index is 13.6. The Morgan fingerprint density at radius 1 is 0.630 bits per heavy atom. The normalized spacial score (nSPS) is 14.7. The van der Waals surface area contributed by atoms with Gasteiger partial charge in [0.1, 0.15) is 16.9 Å². The number of alkyl halides is 6. The predicted molar refractivity (Wildman–Crippen MR) is 267 cm³/mol. The molecule has 0 radical (unpaired) electrons. The van der Waals surface area contributed by atoms with Crippen LogP contribution in [0.2, 0.25) is 0 Å². The molecule has 0 spiro atoms. The molecule has 2 aromatic heterocycles. The predicted octanol–water partition coefficient (Wildman–Crippen LogP) is 11.6. The van der Waals surface area contributed by atoms with Crippen LogP contribution < -0.4 is 18.9 Å². The van der Waals surface area contributed by atoms with Gasteiger partial charge in [-0.1, -0.05) is 63.0 Å². The summed E-state index contributed by atoms with van der Waals surface area (Å²) < 4.78 is 85.5. The topological polar surface area (TPSA) is 180 Å². The Kier molecular flexibility index (Phi) is 16.8. The number of carbonyl (C=O) groups is 4. The minimum Gasteiger partial charge on any atom is -0.468 e. The van der Waals surface area contributed by atoms with Crippen molar-refractivity contribution in [2.24, 2.45) is 14.1 Å². The lowest BCUT2D eigenvalue weighted by Gasteiger charge is -2.18. The number of fused-ring (bicyclic) bond motifs is 2. The average Bonchev–Trinajstić information content (AvgIpc) is 4.10. The maximum Gasteiger partial charge on any atom is 0.586 e. The number of aryl methyl sites for hydroxylation is 2. The van der Waals surface area contributed by atoms with Crippen LogP contribution in [-0.2, 0) is 44.0 Å². The molecule has 0 saturated heterocycles. The number of ether oxygens (including phenoxy) is 6. The fourth-order valence-corrected chi connectivity index (χ4v) is 8.43. The first-order chi connectivity index (χ1) is 34.1. The summed E-state index contributed by atoms with van der Waals surface area (Å²) in [5.41, 5.74) is 2.21. The number of halogens is 8. The Bertz CT molecular complexity index is 2910. The number of aliphatic hydroxyl groups is 1. The summed E-state index contributed by atoms with van der Waals surface area (Å²) in [4.78, 5) is 51.6. The number of carbonyl (C=O) groups excluding carboxylic acids is 4. The van der Waals surface area contributed by atoms with Crippen molar-refractivity contribution in [1.82, 2.24) is 19.6 Å². The molecule has 8 rings (SSSR count). The second kappa shape index (κ2) is 21.8. The van der Waals surface area contributed by atoms with Gasteiger partial charge in [0.05, 0.1) is 42.3 Å². The van der Waals surface area contributed by atoms with E-state index in [4.69, 9.17) is 32.7 Å². The molecule has 2 aliphatic heterocycles. The third-order valence-electron chi connectivity index (χ3n) is 11.8. The maximum absolute atomic E-state index is 13.6. The second-order valence-electron chi connectivity index (χ2n) is 17.4. The molecule has 0 aliphatic carbocycles. The lowest BCUT2D eigenvalue weighted by molar-refractivity contribution is -0.287. The molecule has 23 heteroatoms. The van der Waals surface area contributed by atoms with Crippen LogP contribution in [0.15, 0.2) is 93.9 Å². The standard InChI is InChI=1S/C25H23BrF2N2O5.C24H21BrF2N2O6.CH2Cl2/c1-13(14-6-9-19-20(10-14)35-25(27,28)34-19)22(31)17-11-15(26)7-8-16(17)18-12-21(29-30(18)4)24(2,3)23(32)33-5;1-23(2,22(32)33-4)19-11-16(29(3)28-19)14-7-6-13(25)10-15(14)21(31)20(30)12-5-8-17-18(9-12)35-24(26,27)34-17;2-1-3/h6-13H,1-5H3;5-11,20,30H,1-4H3;1H2. The Morgan fingerprint density at radius 3 is 1.41 bits per heavy atom. The van der Waals surface area contributed by atoms with E-state index in [0.29, 0.717) is 54.0 Å². The van der Waals surface area contributed by atoms with Crippen molar-refractivity contribution < 1.29 is 70.3 Å². The summed E-state index contributed by atoms with van der Waals surface area (Å²) in [6, 6.07) is 21.6. The zero-order valence-electron chi connectivity index (χ0n) is 40.3. The summed E-state index contributed by atoms with van der Waals surface area (Å²) in [6.45, 7) is 8.46. The van der Waals surface area contributed by atoms with Gasteiger partial charge in [0.25, 0.3) is 0 Å². The summed E-state index contributed by atoms with van der Waals surface area (Å²) >= 11 is 16.3. The SMILES string of the molecule is COC(=O)C(C)(C)c1cc(-c2ccc(Br)cc2C(=O)C(C)c2ccc3c(c2)OC(F)(F)O3)n(C)n1.COC(=O)C(C)(C)c1cc(-c2ccc(Br)cc2C(=O)C(O)c2ccc3c(c2)OC(F)(F)O3)n(C)n1.ClCCl. The van der Waals surface area contributed by atoms with Gasteiger partial charge in [0.15, 0.2) is 34.6 Å². The molecular weight excluding hydrogens is 1140 g/mol. The fourth-order valence-electron chi connectivity index (χ4n) is 7.71. The summed E-state index contributed by atoms with van der Waals surface area (Å²) in [7, 11) is 6.00. The second-order valence-corrected chi connectivity index (χ2v) is 20.0. The van der Waals surface area contributed by atoms with Gasteiger partial charge in [-0.25, -0.2) is 0 Å². The van der Waals surface area contributed by atoms with Gasteiger partial charge in [-0.05, 0) is 99.5 Å². The lowest BCUT2D eigenvalue weighted by atomic mass is 9.87. The Labute approximate surface area is 442 Å². The van der Waals surface area contributed by atoms with Crippen LogP contribution >= 0.6 is 55.1 Å². The molecule has 388 valence electrons. The van der Waals surface area contributed by atoms with Crippen LogP contribution in [0.4, 0.5) is 17.6 Å². The molecule has 0 bridgehead atoms. The minimum atomic E-state index is -3.82. The van der Waals surface area contributed by atoms with Crippen molar-refractivity contribution >= 4 is 78.6 Å². The number of esters is 2. The largest absolute Gasteiger partial charge is 0.586 e. The van der Waals surface area contributed by atoms with Crippen LogP contribution in [0.3, 0.4) is 0 Å². The van der Waals surface area contributed by atoms with E-state index in [-0.39, 0.29) is 45.2 Å². The van der Waals surface area contributed by atoms with E-state index < -0.39 is 53.2 Å². The van der Waals surface area contributed by atoms with Gasteiger partial charge in [0, 0.05) is 51.2 Å². The van der Waals surface area contributed by atoms with Crippen LogP contribution in [0.25, 0.3) is 22.5 Å². The van der Waals surface area contributed by atoms with Gasteiger partial charge in [-0.3, -0.25) is 28.5 Å². The van der Waals surface area contributed by atoms with E-state index in [9.17, 15) is 41.8 Å². The number of nitrogens with zero attached hydrogens (tertiary/aromatic N) is 4. The molecule has 4 heterocycles. The van der Waals surface area contributed by atoms with E-state index in [1.165, 1.54) is 43.2 Å². The minimum absolute atomic E-state index is 0.0542. The first-order valence-corrected chi connectivity index (χ1v) is 24.3. The number of aromatic nitrogens is 4. The molecule has 15 nitrogen and oxygen atoms in total. The van der Waals surface area contributed by atoms with E-state index in [1.54, 1.807) is 108 Å². The summed E-state index contributed by atoms with van der Waals surface area (Å²) in [5.74, 6) is -3.18. The third-order valence-corrected chi connectivity index (χ3v) is 12.8. The fraction of sp³-hybridized carbons (Fsp3) is 0.320. The Morgan fingerprint density at radius 2 is 1.00 bits per heavy atom. The van der Waals surface area contributed by atoms with Crippen molar-refractivity contribution in [2.45, 2.75) is 70.1 Å². The zero-order chi connectivity index (χ0) is 54.1. The van der Waals surface area contributed by atoms with E-state index in [2.05, 4.69) is 61.0 Å². The van der Waals surface area contributed by atoms with E-state index in [0.717, 1.165) is 6.07 Å². The van der Waals surface area contributed by atoms with Crippen LogP contribution in [0.5, 0.6) is 23.0 Å². The molecule has 2 aliphatic rings. The number of methoxy groups -OCH3 is 2. The monoisotopic (exact) mass is 1180 g/mol. The summed E-state index contributed by atoms with van der Waals surface area (Å²) in [5, 5.41) is 20.0. The number of ketones is 2. The van der Waals surface area contributed by atoms with E-state index in [1.807, 2.05) is 0 Å². The Balaban J connectivity index is 0.000000226. The van der Waals surface area contributed by atoms with Crippen LogP contribution in [0.1, 0.15) is 89.9 Å². The highest BCUT2D eigenvalue weighted by Gasteiger charge is 2.45. The highest BCUT2D eigenvalue weighted by atomic mass is 79.9. The van der Waals surface area contributed by atoms with Gasteiger partial charge in [0.2, 0.25) is 0 Å². The highest BCUT2D eigenvalue weighted by Crippen LogP contribution is 2.45. The van der Waals surface area contributed by atoms with Crippen molar-refractivity contribution in [3.05, 3.63) is 128 Å². The number of Topliss-reactive ketones (excluding diaryl/α,β-unsaturated/α-hetero) is 2. The van der Waals surface area contributed by atoms with Gasteiger partial charge >= 0.3 is 24.5 Å².